The van der Waals surface area contributed by atoms with Crippen LogP contribution in [-0.4, -0.2) is 21.5 Å². The van der Waals surface area contributed by atoms with Crippen LogP contribution in [0.15, 0.2) is 23.1 Å². The van der Waals surface area contributed by atoms with Crippen molar-refractivity contribution in [1.82, 2.24) is 4.72 Å². The Kier molecular flexibility index (Phi) is 6.21. The predicted molar refractivity (Wildman–Crippen MR) is 81.8 cm³/mol. The summed E-state index contributed by atoms with van der Waals surface area (Å²) in [5.74, 6) is 5.83. The smallest absolute Gasteiger partial charge is 0.241 e. The normalized spacial score (nSPS) is 12.6. The monoisotopic (exact) mass is 294 g/mol. The van der Waals surface area contributed by atoms with E-state index in [4.69, 9.17) is 5.73 Å². The number of hydrogen-bond acceptors (Lipinski definition) is 3. The molecule has 20 heavy (non-hydrogen) atoms. The average Bonchev–Trinajstić information content (AvgIpc) is 2.42. The van der Waals surface area contributed by atoms with Gasteiger partial charge in [0.25, 0.3) is 0 Å². The Labute approximate surface area is 121 Å². The van der Waals surface area contributed by atoms with Crippen molar-refractivity contribution in [2.75, 3.05) is 13.1 Å². The number of rotatable bonds is 5. The van der Waals surface area contributed by atoms with Crippen molar-refractivity contribution in [3.05, 3.63) is 29.3 Å². The highest BCUT2D eigenvalue weighted by Crippen LogP contribution is 2.17. The first-order valence-corrected chi connectivity index (χ1v) is 8.18. The second kappa shape index (κ2) is 7.44. The highest BCUT2D eigenvalue weighted by atomic mass is 32.2. The Morgan fingerprint density at radius 3 is 2.70 bits per heavy atom. The SMILES string of the molecule is CCC(C)CNS(=O)(=O)c1ccc(C)cc1C#CCN. The molecule has 0 bridgehead atoms. The molecule has 5 heteroatoms. The largest absolute Gasteiger partial charge is 0.320 e. The van der Waals surface area contributed by atoms with Gasteiger partial charge in [-0.25, -0.2) is 13.1 Å². The zero-order chi connectivity index (χ0) is 15.2. The van der Waals surface area contributed by atoms with E-state index >= 15 is 0 Å². The summed E-state index contributed by atoms with van der Waals surface area (Å²) in [4.78, 5) is 0.215. The van der Waals surface area contributed by atoms with Crippen LogP contribution in [0.5, 0.6) is 0 Å². The van der Waals surface area contributed by atoms with Crippen LogP contribution < -0.4 is 10.5 Å². The first-order valence-electron chi connectivity index (χ1n) is 6.70. The van der Waals surface area contributed by atoms with E-state index in [1.807, 2.05) is 20.8 Å². The molecule has 110 valence electrons. The predicted octanol–water partition coefficient (Wildman–Crippen LogP) is 1.63. The molecule has 1 unspecified atom stereocenters. The van der Waals surface area contributed by atoms with Crippen LogP contribution >= 0.6 is 0 Å². The maximum Gasteiger partial charge on any atom is 0.241 e. The Balaban J connectivity index is 3.11. The van der Waals surface area contributed by atoms with Gasteiger partial charge in [-0.15, -0.1) is 0 Å². The van der Waals surface area contributed by atoms with Gasteiger partial charge in [0.2, 0.25) is 10.0 Å². The van der Waals surface area contributed by atoms with Gasteiger partial charge in [-0.05, 0) is 30.5 Å². The molecule has 0 saturated heterocycles. The Morgan fingerprint density at radius 2 is 2.10 bits per heavy atom. The van der Waals surface area contributed by atoms with Crippen molar-refractivity contribution in [3.63, 3.8) is 0 Å². The number of nitrogens with one attached hydrogen (secondary N) is 1. The van der Waals surface area contributed by atoms with E-state index in [1.165, 1.54) is 0 Å². The van der Waals surface area contributed by atoms with E-state index in [9.17, 15) is 8.42 Å². The molecule has 1 aromatic rings. The summed E-state index contributed by atoms with van der Waals surface area (Å²) < 4.78 is 27.3. The number of nitrogens with two attached hydrogens (primary N) is 1. The molecule has 4 nitrogen and oxygen atoms in total. The van der Waals surface area contributed by atoms with Gasteiger partial charge in [0.05, 0.1) is 11.4 Å². The lowest BCUT2D eigenvalue weighted by Gasteiger charge is -2.12. The fraction of sp³-hybridized carbons (Fsp3) is 0.467. The highest BCUT2D eigenvalue weighted by Gasteiger charge is 2.18. The minimum Gasteiger partial charge on any atom is -0.320 e. The van der Waals surface area contributed by atoms with E-state index in [1.54, 1.807) is 18.2 Å². The van der Waals surface area contributed by atoms with Crippen molar-refractivity contribution < 1.29 is 8.42 Å². The van der Waals surface area contributed by atoms with Crippen LogP contribution in [0.3, 0.4) is 0 Å². The van der Waals surface area contributed by atoms with Gasteiger partial charge in [0.15, 0.2) is 0 Å². The second-order valence-electron chi connectivity index (χ2n) is 4.87. The van der Waals surface area contributed by atoms with Gasteiger partial charge < -0.3 is 5.73 Å². The van der Waals surface area contributed by atoms with Gasteiger partial charge in [-0.1, -0.05) is 38.2 Å². The molecule has 1 atom stereocenters. The molecule has 0 aliphatic carbocycles. The fourth-order valence-corrected chi connectivity index (χ4v) is 2.90. The summed E-state index contributed by atoms with van der Waals surface area (Å²) in [5.41, 5.74) is 6.81. The third-order valence-electron chi connectivity index (χ3n) is 3.07. The molecular weight excluding hydrogens is 272 g/mol. The third kappa shape index (κ3) is 4.64. The fourth-order valence-electron chi connectivity index (χ4n) is 1.60. The molecule has 1 rings (SSSR count). The van der Waals surface area contributed by atoms with Crippen molar-refractivity contribution in [2.45, 2.75) is 32.1 Å². The van der Waals surface area contributed by atoms with Gasteiger partial charge in [-0.2, -0.15) is 0 Å². The van der Waals surface area contributed by atoms with Crippen LogP contribution in [-0.2, 0) is 10.0 Å². The van der Waals surface area contributed by atoms with Crippen molar-refractivity contribution >= 4 is 10.0 Å². The Hall–Kier alpha value is -1.35. The third-order valence-corrected chi connectivity index (χ3v) is 4.55. The number of aryl methyl sites for hydroxylation is 1. The van der Waals surface area contributed by atoms with Crippen molar-refractivity contribution in [2.24, 2.45) is 11.7 Å². The molecular formula is C15H22N2O2S. The quantitative estimate of drug-likeness (QED) is 0.811. The molecule has 0 aliphatic heterocycles. The Bertz CT molecular complexity index is 612. The van der Waals surface area contributed by atoms with E-state index in [2.05, 4.69) is 16.6 Å². The maximum atomic E-state index is 12.3. The lowest BCUT2D eigenvalue weighted by molar-refractivity contribution is 0.528. The van der Waals surface area contributed by atoms with E-state index in [-0.39, 0.29) is 11.4 Å². The second-order valence-corrected chi connectivity index (χ2v) is 6.61. The first-order chi connectivity index (χ1) is 9.40. The van der Waals surface area contributed by atoms with Crippen LogP contribution in [0.4, 0.5) is 0 Å². The standard InChI is InChI=1S/C15H22N2O2S/c1-4-12(2)11-17-20(18,19)15-8-7-13(3)10-14(15)6-5-9-16/h7-8,10,12,17H,4,9,11,16H2,1-3H3. The lowest BCUT2D eigenvalue weighted by atomic mass is 10.1. The summed E-state index contributed by atoms with van der Waals surface area (Å²) in [6, 6.07) is 5.13. The maximum absolute atomic E-state index is 12.3. The Morgan fingerprint density at radius 1 is 1.40 bits per heavy atom. The summed E-state index contributed by atoms with van der Waals surface area (Å²) in [6.45, 7) is 6.57. The van der Waals surface area contributed by atoms with E-state index in [0.29, 0.717) is 18.0 Å². The molecule has 0 spiro atoms. The van der Waals surface area contributed by atoms with Crippen LogP contribution in [0.1, 0.15) is 31.4 Å². The van der Waals surface area contributed by atoms with Crippen LogP contribution in [0.2, 0.25) is 0 Å². The highest BCUT2D eigenvalue weighted by molar-refractivity contribution is 7.89. The molecule has 0 aromatic heterocycles. The first kappa shape index (κ1) is 16.7. The summed E-state index contributed by atoms with van der Waals surface area (Å²) >= 11 is 0. The zero-order valence-corrected chi connectivity index (χ0v) is 13.0. The summed E-state index contributed by atoms with van der Waals surface area (Å²) in [7, 11) is -3.54. The van der Waals surface area contributed by atoms with Crippen LogP contribution in [0, 0.1) is 24.7 Å². The molecule has 0 saturated carbocycles. The minimum absolute atomic E-state index is 0.202. The van der Waals surface area contributed by atoms with Gasteiger partial charge in [0.1, 0.15) is 0 Å². The van der Waals surface area contributed by atoms with E-state index in [0.717, 1.165) is 12.0 Å². The van der Waals surface area contributed by atoms with E-state index < -0.39 is 10.0 Å². The zero-order valence-electron chi connectivity index (χ0n) is 12.2. The molecule has 0 radical (unpaired) electrons. The number of hydrogen-bond donors (Lipinski definition) is 2. The number of sulfonamides is 1. The average molecular weight is 294 g/mol. The molecule has 0 aliphatic rings. The van der Waals surface area contributed by atoms with Crippen LogP contribution in [0.25, 0.3) is 0 Å². The van der Waals surface area contributed by atoms with Gasteiger partial charge in [-0.3, -0.25) is 0 Å². The van der Waals surface area contributed by atoms with Crippen molar-refractivity contribution in [1.29, 1.82) is 0 Å². The molecule has 0 heterocycles. The molecule has 0 amide bonds. The van der Waals surface area contributed by atoms with Crippen molar-refractivity contribution in [3.8, 4) is 11.8 Å². The number of benzene rings is 1. The molecule has 0 fully saturated rings. The lowest BCUT2D eigenvalue weighted by Crippen LogP contribution is -2.28. The topological polar surface area (TPSA) is 72.2 Å². The van der Waals surface area contributed by atoms with Gasteiger partial charge >= 0.3 is 0 Å². The summed E-state index contributed by atoms with van der Waals surface area (Å²) in [6.07, 6.45) is 0.927. The molecule has 1 aromatic carbocycles. The molecule has 3 N–H and O–H groups in total. The van der Waals surface area contributed by atoms with Gasteiger partial charge in [0, 0.05) is 12.1 Å². The minimum atomic E-state index is -3.54. The summed E-state index contributed by atoms with van der Waals surface area (Å²) in [5, 5.41) is 0.